The summed E-state index contributed by atoms with van der Waals surface area (Å²) >= 11 is 0. The fraction of sp³-hybridized carbons (Fsp3) is 0.150. The van der Waals surface area contributed by atoms with E-state index in [1.807, 2.05) is 32.0 Å². The zero-order chi connectivity index (χ0) is 19.6. The van der Waals surface area contributed by atoms with Crippen LogP contribution >= 0.6 is 0 Å². The number of nitrogens with one attached hydrogen (secondary N) is 2. The Morgan fingerprint density at radius 3 is 2.41 bits per heavy atom. The van der Waals surface area contributed by atoms with Gasteiger partial charge in [-0.3, -0.25) is 4.79 Å². The van der Waals surface area contributed by atoms with E-state index in [1.54, 1.807) is 6.92 Å². The summed E-state index contributed by atoms with van der Waals surface area (Å²) in [5, 5.41) is 5.68. The minimum atomic E-state index is -0.974. The molecule has 138 valence electrons. The summed E-state index contributed by atoms with van der Waals surface area (Å²) in [5.41, 5.74) is 3.20. The van der Waals surface area contributed by atoms with Crippen LogP contribution in [0.25, 0.3) is 0 Å². The normalized spacial score (nSPS) is 10.6. The van der Waals surface area contributed by atoms with Crippen LogP contribution in [0.4, 0.5) is 26.0 Å². The van der Waals surface area contributed by atoms with Crippen molar-refractivity contribution in [2.24, 2.45) is 0 Å². The maximum absolute atomic E-state index is 13.4. The summed E-state index contributed by atoms with van der Waals surface area (Å²) in [6.45, 7) is 5.52. The number of rotatable bonds is 4. The van der Waals surface area contributed by atoms with Gasteiger partial charge in [0, 0.05) is 23.5 Å². The predicted octanol–water partition coefficient (Wildman–Crippen LogP) is 4.68. The monoisotopic (exact) mass is 368 g/mol. The third-order valence-corrected chi connectivity index (χ3v) is 3.89. The summed E-state index contributed by atoms with van der Waals surface area (Å²) < 4.78 is 26.4. The zero-order valence-corrected chi connectivity index (χ0v) is 15.1. The molecule has 0 spiro atoms. The van der Waals surface area contributed by atoms with E-state index in [4.69, 9.17) is 0 Å². The van der Waals surface area contributed by atoms with E-state index in [-0.39, 0.29) is 11.6 Å². The molecule has 3 aromatic rings. The first-order chi connectivity index (χ1) is 12.8. The maximum Gasteiger partial charge on any atom is 0.274 e. The van der Waals surface area contributed by atoms with Gasteiger partial charge in [0.15, 0.2) is 11.6 Å². The molecule has 0 radical (unpaired) electrons. The van der Waals surface area contributed by atoms with Crippen molar-refractivity contribution in [3.8, 4) is 0 Å². The molecule has 5 nitrogen and oxygen atoms in total. The topological polar surface area (TPSA) is 66.9 Å². The summed E-state index contributed by atoms with van der Waals surface area (Å²) in [6.07, 6.45) is 0. The quantitative estimate of drug-likeness (QED) is 0.702. The number of hydrogen-bond acceptors (Lipinski definition) is 4. The minimum absolute atomic E-state index is 0.160. The third kappa shape index (κ3) is 4.44. The molecule has 0 atom stereocenters. The first-order valence-corrected chi connectivity index (χ1v) is 8.28. The van der Waals surface area contributed by atoms with Crippen LogP contribution in [0.15, 0.2) is 42.5 Å². The van der Waals surface area contributed by atoms with Crippen LogP contribution in [0.3, 0.4) is 0 Å². The van der Waals surface area contributed by atoms with Crippen molar-refractivity contribution in [3.05, 3.63) is 76.7 Å². The number of anilines is 3. The van der Waals surface area contributed by atoms with Gasteiger partial charge in [0.2, 0.25) is 0 Å². The Morgan fingerprint density at radius 1 is 0.926 bits per heavy atom. The second-order valence-corrected chi connectivity index (χ2v) is 6.21. The molecule has 0 aliphatic carbocycles. The number of benzene rings is 2. The number of carbonyl (C=O) groups excluding carboxylic acids is 1. The Hall–Kier alpha value is -3.35. The van der Waals surface area contributed by atoms with Gasteiger partial charge in [0.05, 0.1) is 0 Å². The molecule has 7 heteroatoms. The lowest BCUT2D eigenvalue weighted by molar-refractivity contribution is 0.102. The van der Waals surface area contributed by atoms with Gasteiger partial charge >= 0.3 is 0 Å². The second kappa shape index (κ2) is 7.49. The minimum Gasteiger partial charge on any atom is -0.340 e. The van der Waals surface area contributed by atoms with Gasteiger partial charge in [-0.05, 0) is 44.5 Å². The highest BCUT2D eigenvalue weighted by molar-refractivity contribution is 6.03. The lowest BCUT2D eigenvalue weighted by atomic mass is 10.1. The first kappa shape index (κ1) is 18.4. The fourth-order valence-electron chi connectivity index (χ4n) is 2.61. The standard InChI is InChI=1S/C20H18F2N4O/c1-11-4-7-17(12(2)8-11)26-20(27)18-10-19(24-13(3)23-18)25-14-5-6-15(21)16(22)9-14/h4-10H,1-3H3,(H,26,27)(H,23,24,25). The van der Waals surface area contributed by atoms with Crippen molar-refractivity contribution in [2.75, 3.05) is 10.6 Å². The van der Waals surface area contributed by atoms with Crippen LogP contribution in [0.1, 0.15) is 27.4 Å². The lowest BCUT2D eigenvalue weighted by Gasteiger charge is -2.11. The fourth-order valence-corrected chi connectivity index (χ4v) is 2.61. The van der Waals surface area contributed by atoms with Crippen LogP contribution in [0.5, 0.6) is 0 Å². The third-order valence-electron chi connectivity index (χ3n) is 3.89. The largest absolute Gasteiger partial charge is 0.340 e. The average Bonchev–Trinajstić information content (AvgIpc) is 2.60. The molecule has 0 aliphatic heterocycles. The molecular weight excluding hydrogens is 350 g/mol. The smallest absolute Gasteiger partial charge is 0.274 e. The van der Waals surface area contributed by atoms with E-state index in [2.05, 4.69) is 20.6 Å². The van der Waals surface area contributed by atoms with Gasteiger partial charge in [-0.2, -0.15) is 0 Å². The molecule has 0 bridgehead atoms. The molecular formula is C20H18F2N4O. The molecule has 0 saturated heterocycles. The van der Waals surface area contributed by atoms with Gasteiger partial charge in [0.25, 0.3) is 5.91 Å². The Bertz CT molecular complexity index is 1020. The first-order valence-electron chi connectivity index (χ1n) is 8.28. The van der Waals surface area contributed by atoms with Crippen molar-refractivity contribution < 1.29 is 13.6 Å². The van der Waals surface area contributed by atoms with Crippen LogP contribution in [0.2, 0.25) is 0 Å². The number of aryl methyl sites for hydroxylation is 3. The highest BCUT2D eigenvalue weighted by atomic mass is 19.2. The number of halogens is 2. The van der Waals surface area contributed by atoms with E-state index < -0.39 is 11.6 Å². The van der Waals surface area contributed by atoms with Gasteiger partial charge in [-0.25, -0.2) is 18.7 Å². The van der Waals surface area contributed by atoms with E-state index >= 15 is 0 Å². The summed E-state index contributed by atoms with van der Waals surface area (Å²) in [6, 6.07) is 10.6. The van der Waals surface area contributed by atoms with E-state index in [0.29, 0.717) is 23.0 Å². The molecule has 0 fully saturated rings. The Kier molecular flexibility index (Phi) is 5.12. The average molecular weight is 368 g/mol. The molecule has 3 rings (SSSR count). The Morgan fingerprint density at radius 2 is 1.70 bits per heavy atom. The molecule has 27 heavy (non-hydrogen) atoms. The number of aromatic nitrogens is 2. The van der Waals surface area contributed by atoms with Crippen molar-refractivity contribution in [2.45, 2.75) is 20.8 Å². The van der Waals surface area contributed by atoms with E-state index in [9.17, 15) is 13.6 Å². The predicted molar refractivity (Wildman–Crippen MR) is 100 cm³/mol. The number of hydrogen-bond donors (Lipinski definition) is 2. The van der Waals surface area contributed by atoms with Crippen LogP contribution in [0, 0.1) is 32.4 Å². The Balaban J connectivity index is 1.83. The van der Waals surface area contributed by atoms with Crippen molar-refractivity contribution in [1.82, 2.24) is 9.97 Å². The molecule has 1 heterocycles. The van der Waals surface area contributed by atoms with Crippen LogP contribution in [-0.2, 0) is 0 Å². The van der Waals surface area contributed by atoms with Gasteiger partial charge in [-0.15, -0.1) is 0 Å². The molecule has 2 aromatic carbocycles. The SMILES string of the molecule is Cc1ccc(NC(=O)c2cc(Nc3ccc(F)c(F)c3)nc(C)n2)c(C)c1. The lowest BCUT2D eigenvalue weighted by Crippen LogP contribution is -2.16. The number of carbonyl (C=O) groups is 1. The molecule has 0 aliphatic rings. The Labute approximate surface area is 155 Å². The zero-order valence-electron chi connectivity index (χ0n) is 15.1. The van der Waals surface area contributed by atoms with Crippen LogP contribution < -0.4 is 10.6 Å². The summed E-state index contributed by atoms with van der Waals surface area (Å²) in [4.78, 5) is 20.9. The molecule has 1 aromatic heterocycles. The highest BCUT2D eigenvalue weighted by Crippen LogP contribution is 2.20. The highest BCUT2D eigenvalue weighted by Gasteiger charge is 2.13. The van der Waals surface area contributed by atoms with Crippen molar-refractivity contribution in [3.63, 3.8) is 0 Å². The number of amides is 1. The van der Waals surface area contributed by atoms with Crippen molar-refractivity contribution in [1.29, 1.82) is 0 Å². The molecule has 2 N–H and O–H groups in total. The van der Waals surface area contributed by atoms with Crippen molar-refractivity contribution >= 4 is 23.1 Å². The molecule has 1 amide bonds. The van der Waals surface area contributed by atoms with E-state index in [1.165, 1.54) is 12.1 Å². The maximum atomic E-state index is 13.4. The van der Waals surface area contributed by atoms with Crippen LogP contribution in [-0.4, -0.2) is 15.9 Å². The van der Waals surface area contributed by atoms with Gasteiger partial charge in [-0.1, -0.05) is 17.7 Å². The summed E-state index contributed by atoms with van der Waals surface area (Å²) in [7, 11) is 0. The van der Waals surface area contributed by atoms with E-state index in [0.717, 1.165) is 23.3 Å². The molecule has 0 saturated carbocycles. The van der Waals surface area contributed by atoms with Gasteiger partial charge < -0.3 is 10.6 Å². The van der Waals surface area contributed by atoms with Gasteiger partial charge in [0.1, 0.15) is 17.3 Å². The summed E-state index contributed by atoms with van der Waals surface area (Å²) in [5.74, 6) is -1.63. The number of nitrogens with zero attached hydrogens (tertiary/aromatic N) is 2. The second-order valence-electron chi connectivity index (χ2n) is 6.21. The molecule has 0 unspecified atom stereocenters.